The fraction of sp³-hybridized carbons (Fsp3) is 0.179. The molecular formula is C39H36N2O3. The van der Waals surface area contributed by atoms with Gasteiger partial charge >= 0.3 is 5.97 Å². The number of carbonyl (C=O) groups excluding carboxylic acids is 1. The molecule has 1 N–H and O–H groups in total. The molecule has 1 heterocycles. The monoisotopic (exact) mass is 580 g/mol. The predicted molar refractivity (Wildman–Crippen MR) is 175 cm³/mol. The topological polar surface area (TPSA) is 64.3 Å². The van der Waals surface area contributed by atoms with E-state index in [4.69, 9.17) is 9.72 Å². The number of esters is 1. The van der Waals surface area contributed by atoms with Crippen LogP contribution in [0, 0.1) is 12.8 Å². The lowest BCUT2D eigenvalue weighted by Crippen LogP contribution is -2.37. The molecule has 0 amide bonds. The standard InChI is InChI=1S/C39H36N2O3/c1-27(2)39(43,34-21-20-29-24-35(37(42)44-4)28(3)22-30(29)23-34)36-25-41(26-40-36)38(31-14-8-5-9-15-31,32-16-10-6-11-17-32)33-18-12-7-13-19-33/h5-27,43H,1-4H3. The highest BCUT2D eigenvalue weighted by molar-refractivity contribution is 5.97. The van der Waals surface area contributed by atoms with Crippen LogP contribution < -0.4 is 0 Å². The zero-order valence-corrected chi connectivity index (χ0v) is 25.4. The number of benzene rings is 5. The average molecular weight is 581 g/mol. The molecular weight excluding hydrogens is 544 g/mol. The first-order chi connectivity index (χ1) is 21.3. The van der Waals surface area contributed by atoms with Crippen molar-refractivity contribution in [3.8, 4) is 0 Å². The molecule has 1 atom stereocenters. The predicted octanol–water partition coefficient (Wildman–Crippen LogP) is 7.86. The summed E-state index contributed by atoms with van der Waals surface area (Å²) in [6.07, 6.45) is 3.83. The minimum absolute atomic E-state index is 0.196. The Bertz CT molecular complexity index is 1820. The van der Waals surface area contributed by atoms with Crippen LogP contribution in [-0.4, -0.2) is 27.7 Å². The van der Waals surface area contributed by atoms with Gasteiger partial charge < -0.3 is 14.4 Å². The van der Waals surface area contributed by atoms with Gasteiger partial charge in [0.15, 0.2) is 0 Å². The van der Waals surface area contributed by atoms with Crippen LogP contribution in [0.3, 0.4) is 0 Å². The van der Waals surface area contributed by atoms with Crippen molar-refractivity contribution in [3.05, 3.63) is 173 Å². The second-order valence-corrected chi connectivity index (χ2v) is 11.6. The summed E-state index contributed by atoms with van der Waals surface area (Å²) in [4.78, 5) is 17.2. The van der Waals surface area contributed by atoms with Crippen LogP contribution in [0.5, 0.6) is 0 Å². The van der Waals surface area contributed by atoms with Crippen LogP contribution in [0.15, 0.2) is 134 Å². The molecule has 6 aromatic rings. The number of aliphatic hydroxyl groups is 1. The van der Waals surface area contributed by atoms with Crippen LogP contribution in [0.25, 0.3) is 10.8 Å². The maximum atomic E-state index is 12.6. The first-order valence-electron chi connectivity index (χ1n) is 14.9. The second-order valence-electron chi connectivity index (χ2n) is 11.6. The maximum Gasteiger partial charge on any atom is 0.338 e. The van der Waals surface area contributed by atoms with Crippen molar-refractivity contribution >= 4 is 16.7 Å². The number of rotatable bonds is 8. The van der Waals surface area contributed by atoms with E-state index in [0.29, 0.717) is 11.3 Å². The lowest BCUT2D eigenvalue weighted by molar-refractivity contribution is 0.0279. The normalized spacial score (nSPS) is 13.1. The maximum absolute atomic E-state index is 12.6. The Morgan fingerprint density at radius 1 is 0.750 bits per heavy atom. The summed E-state index contributed by atoms with van der Waals surface area (Å²) >= 11 is 0. The Morgan fingerprint density at radius 3 is 1.80 bits per heavy atom. The summed E-state index contributed by atoms with van der Waals surface area (Å²) < 4.78 is 7.10. The van der Waals surface area contributed by atoms with Crippen molar-refractivity contribution in [1.29, 1.82) is 0 Å². The fourth-order valence-corrected chi connectivity index (χ4v) is 6.44. The van der Waals surface area contributed by atoms with Gasteiger partial charge in [-0.05, 0) is 63.6 Å². The molecule has 0 saturated heterocycles. The molecule has 0 saturated carbocycles. The van der Waals surface area contributed by atoms with Gasteiger partial charge in [-0.2, -0.15) is 0 Å². The van der Waals surface area contributed by atoms with E-state index in [0.717, 1.165) is 38.6 Å². The summed E-state index contributed by atoms with van der Waals surface area (Å²) in [6.45, 7) is 5.91. The van der Waals surface area contributed by atoms with Crippen molar-refractivity contribution in [3.63, 3.8) is 0 Å². The van der Waals surface area contributed by atoms with Crippen molar-refractivity contribution in [2.24, 2.45) is 5.92 Å². The van der Waals surface area contributed by atoms with Gasteiger partial charge in [0.2, 0.25) is 0 Å². The van der Waals surface area contributed by atoms with Crippen molar-refractivity contribution in [1.82, 2.24) is 9.55 Å². The van der Waals surface area contributed by atoms with Gasteiger partial charge in [0.05, 0.1) is 24.7 Å². The van der Waals surface area contributed by atoms with Crippen LogP contribution in [0.1, 0.15) is 57.7 Å². The van der Waals surface area contributed by atoms with Gasteiger partial charge in [-0.1, -0.05) is 123 Å². The van der Waals surface area contributed by atoms with Crippen LogP contribution in [-0.2, 0) is 15.9 Å². The zero-order valence-electron chi connectivity index (χ0n) is 25.4. The highest BCUT2D eigenvalue weighted by atomic mass is 16.5. The molecule has 5 heteroatoms. The van der Waals surface area contributed by atoms with Gasteiger partial charge in [-0.25, -0.2) is 9.78 Å². The third kappa shape index (κ3) is 4.70. The lowest BCUT2D eigenvalue weighted by atomic mass is 9.76. The highest BCUT2D eigenvalue weighted by Crippen LogP contribution is 2.43. The quantitative estimate of drug-likeness (QED) is 0.147. The summed E-state index contributed by atoms with van der Waals surface area (Å²) in [5, 5.41) is 14.4. The number of hydrogen-bond acceptors (Lipinski definition) is 4. The molecule has 220 valence electrons. The van der Waals surface area contributed by atoms with Gasteiger partial charge in [-0.15, -0.1) is 0 Å². The third-order valence-electron chi connectivity index (χ3n) is 8.80. The van der Waals surface area contributed by atoms with E-state index in [-0.39, 0.29) is 11.9 Å². The lowest BCUT2D eigenvalue weighted by Gasteiger charge is -2.37. The molecule has 0 aliphatic heterocycles. The van der Waals surface area contributed by atoms with Crippen molar-refractivity contribution in [2.45, 2.75) is 31.9 Å². The highest BCUT2D eigenvalue weighted by Gasteiger charge is 2.42. The first kappa shape index (κ1) is 29.1. The van der Waals surface area contributed by atoms with E-state index in [9.17, 15) is 9.90 Å². The van der Waals surface area contributed by atoms with E-state index in [1.54, 1.807) is 0 Å². The van der Waals surface area contributed by atoms with Crippen LogP contribution >= 0.6 is 0 Å². The number of hydrogen-bond donors (Lipinski definition) is 1. The zero-order chi connectivity index (χ0) is 30.9. The van der Waals surface area contributed by atoms with Gasteiger partial charge in [0.25, 0.3) is 0 Å². The van der Waals surface area contributed by atoms with E-state index >= 15 is 0 Å². The fourth-order valence-electron chi connectivity index (χ4n) is 6.44. The van der Waals surface area contributed by atoms with Crippen LogP contribution in [0.4, 0.5) is 0 Å². The SMILES string of the molecule is COC(=O)c1cc2ccc(C(O)(c3cn(C(c4ccccc4)(c4ccccc4)c4ccccc4)cn3)C(C)C)cc2cc1C. The molecule has 0 fully saturated rings. The minimum Gasteiger partial charge on any atom is -0.465 e. The molecule has 44 heavy (non-hydrogen) atoms. The Labute approximate surface area is 258 Å². The van der Waals surface area contributed by atoms with Crippen molar-refractivity contribution < 1.29 is 14.6 Å². The molecule has 0 radical (unpaired) electrons. The van der Waals surface area contributed by atoms with Gasteiger partial charge in [0, 0.05) is 6.20 Å². The third-order valence-corrected chi connectivity index (χ3v) is 8.80. The van der Waals surface area contributed by atoms with Crippen LogP contribution in [0.2, 0.25) is 0 Å². The molecule has 5 nitrogen and oxygen atoms in total. The Balaban J connectivity index is 1.56. The van der Waals surface area contributed by atoms with E-state index < -0.39 is 11.1 Å². The van der Waals surface area contributed by atoms with Crippen molar-refractivity contribution in [2.75, 3.05) is 7.11 Å². The van der Waals surface area contributed by atoms with E-state index in [1.165, 1.54) is 7.11 Å². The molecule has 0 bridgehead atoms. The molecule has 0 aliphatic carbocycles. The van der Waals surface area contributed by atoms with E-state index in [1.807, 2.05) is 81.8 Å². The largest absolute Gasteiger partial charge is 0.465 e. The Morgan fingerprint density at radius 2 is 1.30 bits per heavy atom. The Kier molecular flexibility index (Phi) is 7.66. The summed E-state index contributed by atoms with van der Waals surface area (Å²) in [5.74, 6) is -0.560. The van der Waals surface area contributed by atoms with Gasteiger partial charge in [0.1, 0.15) is 11.1 Å². The molecule has 5 aromatic carbocycles. The Hall–Kier alpha value is -5.00. The van der Waals surface area contributed by atoms with E-state index in [2.05, 4.69) is 77.4 Å². The molecule has 0 spiro atoms. The summed E-state index contributed by atoms with van der Waals surface area (Å²) in [6, 6.07) is 40.9. The number of fused-ring (bicyclic) bond motifs is 1. The number of aromatic nitrogens is 2. The number of methoxy groups -OCH3 is 1. The number of imidazole rings is 1. The molecule has 1 aromatic heterocycles. The molecule has 0 aliphatic rings. The number of nitrogens with zero attached hydrogens (tertiary/aromatic N) is 2. The number of ether oxygens (including phenoxy) is 1. The minimum atomic E-state index is -1.38. The van der Waals surface area contributed by atoms with Gasteiger partial charge in [-0.3, -0.25) is 0 Å². The summed E-state index contributed by atoms with van der Waals surface area (Å²) in [7, 11) is 1.39. The second kappa shape index (κ2) is 11.6. The number of aryl methyl sites for hydroxylation is 1. The smallest absolute Gasteiger partial charge is 0.338 e. The molecule has 6 rings (SSSR count). The molecule has 1 unspecified atom stereocenters. The first-order valence-corrected chi connectivity index (χ1v) is 14.9. The summed E-state index contributed by atoms with van der Waals surface area (Å²) in [5.41, 5.74) is 3.76. The number of carbonyl (C=O) groups is 1. The average Bonchev–Trinajstić information content (AvgIpc) is 3.56.